The van der Waals surface area contributed by atoms with Crippen LogP contribution < -0.4 is 11.3 Å². The van der Waals surface area contributed by atoms with Crippen LogP contribution in [0.25, 0.3) is 0 Å². The van der Waals surface area contributed by atoms with Crippen molar-refractivity contribution < 1.29 is 4.39 Å². The quantitative estimate of drug-likeness (QED) is 0.652. The molecule has 0 aliphatic heterocycles. The first kappa shape index (κ1) is 15.5. The highest BCUT2D eigenvalue weighted by Gasteiger charge is 2.29. The molecule has 2 aromatic rings. The molecule has 0 saturated carbocycles. The van der Waals surface area contributed by atoms with Gasteiger partial charge in [0.25, 0.3) is 0 Å². The Balaban J connectivity index is 2.54. The summed E-state index contributed by atoms with van der Waals surface area (Å²) in [6.45, 7) is 6.12. The molecule has 1 unspecified atom stereocenters. The molecule has 0 aliphatic rings. The van der Waals surface area contributed by atoms with Gasteiger partial charge in [0.1, 0.15) is 5.82 Å². The molecule has 2 rings (SSSR count). The normalized spacial score (nSPS) is 13.5. The van der Waals surface area contributed by atoms with E-state index in [1.807, 2.05) is 20.8 Å². The van der Waals surface area contributed by atoms with Gasteiger partial charge in [-0.25, -0.2) is 9.82 Å². The molecular formula is C13H16BrFN4S. The number of aromatic nitrogens is 2. The maximum absolute atomic E-state index is 14.3. The Bertz CT molecular complexity index is 609. The topological polar surface area (TPSA) is 63.8 Å². The lowest BCUT2D eigenvalue weighted by Crippen LogP contribution is -2.31. The van der Waals surface area contributed by atoms with Crippen molar-refractivity contribution >= 4 is 27.5 Å². The first-order valence-corrected chi connectivity index (χ1v) is 7.65. The van der Waals surface area contributed by atoms with Crippen molar-refractivity contribution in [2.45, 2.75) is 32.2 Å². The summed E-state index contributed by atoms with van der Waals surface area (Å²) in [5.74, 6) is 5.32. The minimum Gasteiger partial charge on any atom is -0.271 e. The van der Waals surface area contributed by atoms with Gasteiger partial charge in [-0.2, -0.15) is 0 Å². The van der Waals surface area contributed by atoms with Gasteiger partial charge in [0.2, 0.25) is 0 Å². The van der Waals surface area contributed by atoms with Gasteiger partial charge in [0.05, 0.1) is 21.1 Å². The zero-order chi connectivity index (χ0) is 14.9. The molecule has 1 aromatic heterocycles. The second kappa shape index (κ2) is 5.85. The summed E-state index contributed by atoms with van der Waals surface area (Å²) in [5.41, 5.74) is 3.78. The predicted molar refractivity (Wildman–Crippen MR) is 81.9 cm³/mol. The summed E-state index contributed by atoms with van der Waals surface area (Å²) < 4.78 is 18.7. The summed E-state index contributed by atoms with van der Waals surface area (Å²) in [4.78, 5) is 0.831. The molecule has 0 aliphatic carbocycles. The van der Waals surface area contributed by atoms with E-state index in [1.54, 1.807) is 18.2 Å². The van der Waals surface area contributed by atoms with Crippen LogP contribution in [0.1, 0.15) is 42.9 Å². The Morgan fingerprint density at radius 2 is 2.10 bits per heavy atom. The molecule has 1 atom stereocenters. The maximum atomic E-state index is 14.3. The third-order valence-electron chi connectivity index (χ3n) is 2.95. The lowest BCUT2D eigenvalue weighted by molar-refractivity contribution is 0.528. The first-order valence-electron chi connectivity index (χ1n) is 6.09. The molecule has 0 saturated heterocycles. The van der Waals surface area contributed by atoms with Crippen LogP contribution in [0.4, 0.5) is 4.39 Å². The van der Waals surface area contributed by atoms with Crippen LogP contribution in [-0.2, 0) is 5.41 Å². The van der Waals surface area contributed by atoms with Gasteiger partial charge in [-0.1, -0.05) is 37.4 Å². The number of benzene rings is 1. The van der Waals surface area contributed by atoms with Gasteiger partial charge in [0.15, 0.2) is 0 Å². The fourth-order valence-corrected chi connectivity index (χ4v) is 3.28. The van der Waals surface area contributed by atoms with Gasteiger partial charge in [-0.15, -0.1) is 5.10 Å². The number of halogens is 2. The fraction of sp³-hybridized carbons (Fsp3) is 0.385. The van der Waals surface area contributed by atoms with Gasteiger partial charge in [-0.05, 0) is 33.5 Å². The van der Waals surface area contributed by atoms with Crippen LogP contribution >= 0.6 is 27.5 Å². The Morgan fingerprint density at radius 1 is 1.40 bits per heavy atom. The molecule has 0 bridgehead atoms. The summed E-state index contributed by atoms with van der Waals surface area (Å²) in [5, 5.41) is 4.17. The molecule has 108 valence electrons. The van der Waals surface area contributed by atoms with Gasteiger partial charge in [-0.3, -0.25) is 5.84 Å². The third-order valence-corrected chi connectivity index (χ3v) is 4.35. The van der Waals surface area contributed by atoms with Crippen LogP contribution in [0, 0.1) is 5.82 Å². The van der Waals surface area contributed by atoms with Crippen LogP contribution in [0.15, 0.2) is 22.7 Å². The van der Waals surface area contributed by atoms with Gasteiger partial charge >= 0.3 is 0 Å². The number of hydrazine groups is 1. The molecule has 0 amide bonds. The zero-order valence-electron chi connectivity index (χ0n) is 11.4. The summed E-state index contributed by atoms with van der Waals surface area (Å²) in [6, 6.07) is 4.67. The van der Waals surface area contributed by atoms with Gasteiger partial charge in [0, 0.05) is 11.0 Å². The highest BCUT2D eigenvalue weighted by Crippen LogP contribution is 2.35. The van der Waals surface area contributed by atoms with Crippen molar-refractivity contribution in [3.63, 3.8) is 0 Å². The molecule has 0 radical (unpaired) electrons. The minimum atomic E-state index is -0.471. The second-order valence-electron chi connectivity index (χ2n) is 5.48. The molecule has 0 fully saturated rings. The number of rotatable bonds is 3. The van der Waals surface area contributed by atoms with E-state index < -0.39 is 6.04 Å². The largest absolute Gasteiger partial charge is 0.271 e. The van der Waals surface area contributed by atoms with Crippen molar-refractivity contribution in [1.29, 1.82) is 0 Å². The molecule has 1 heterocycles. The lowest BCUT2D eigenvalue weighted by atomic mass is 9.89. The SMILES string of the molecule is CC(C)(C)c1nnsc1C(NN)c1cccc(Br)c1F. The number of nitrogens with one attached hydrogen (secondary N) is 1. The van der Waals surface area contributed by atoms with Crippen molar-refractivity contribution in [2.24, 2.45) is 5.84 Å². The molecule has 3 N–H and O–H groups in total. The van der Waals surface area contributed by atoms with Crippen LogP contribution in [-0.4, -0.2) is 9.59 Å². The fourth-order valence-electron chi connectivity index (χ4n) is 1.96. The Labute approximate surface area is 129 Å². The second-order valence-corrected chi connectivity index (χ2v) is 7.12. The van der Waals surface area contributed by atoms with E-state index in [0.717, 1.165) is 10.6 Å². The van der Waals surface area contributed by atoms with E-state index in [9.17, 15) is 4.39 Å². The summed E-state index contributed by atoms with van der Waals surface area (Å²) >= 11 is 4.43. The van der Waals surface area contributed by atoms with E-state index in [4.69, 9.17) is 5.84 Å². The molecule has 0 spiro atoms. The smallest absolute Gasteiger partial charge is 0.142 e. The van der Waals surface area contributed by atoms with E-state index in [-0.39, 0.29) is 11.2 Å². The Morgan fingerprint density at radius 3 is 2.70 bits per heavy atom. The van der Waals surface area contributed by atoms with Gasteiger partial charge < -0.3 is 0 Å². The van der Waals surface area contributed by atoms with Crippen LogP contribution in [0.5, 0.6) is 0 Å². The van der Waals surface area contributed by atoms with Crippen molar-refractivity contribution in [3.8, 4) is 0 Å². The highest BCUT2D eigenvalue weighted by molar-refractivity contribution is 9.10. The van der Waals surface area contributed by atoms with E-state index in [1.165, 1.54) is 11.5 Å². The highest BCUT2D eigenvalue weighted by atomic mass is 79.9. The lowest BCUT2D eigenvalue weighted by Gasteiger charge is -2.22. The zero-order valence-corrected chi connectivity index (χ0v) is 13.8. The minimum absolute atomic E-state index is 0.181. The predicted octanol–water partition coefficient (Wildman–Crippen LogP) is 3.29. The van der Waals surface area contributed by atoms with Crippen molar-refractivity contribution in [2.75, 3.05) is 0 Å². The summed E-state index contributed by atoms with van der Waals surface area (Å²) in [6.07, 6.45) is 0. The number of hydrogen-bond acceptors (Lipinski definition) is 5. The van der Waals surface area contributed by atoms with Crippen LogP contribution in [0.2, 0.25) is 0 Å². The monoisotopic (exact) mass is 358 g/mol. The molecule has 7 heteroatoms. The Hall–Kier alpha value is -0.890. The van der Waals surface area contributed by atoms with E-state index in [2.05, 4.69) is 30.9 Å². The van der Waals surface area contributed by atoms with Crippen molar-refractivity contribution in [1.82, 2.24) is 15.0 Å². The average molecular weight is 359 g/mol. The molecule has 20 heavy (non-hydrogen) atoms. The standard InChI is InChI=1S/C13H16BrFN4S/c1-13(2,3)12-11(20-19-18-12)10(17-16)7-5-4-6-8(14)9(7)15/h4-6,10,17H,16H2,1-3H3. The maximum Gasteiger partial charge on any atom is 0.142 e. The number of hydrogen-bond donors (Lipinski definition) is 2. The number of nitrogens with two attached hydrogens (primary N) is 1. The third kappa shape index (κ3) is 2.90. The molecule has 4 nitrogen and oxygen atoms in total. The molecular weight excluding hydrogens is 343 g/mol. The molecule has 1 aromatic carbocycles. The van der Waals surface area contributed by atoms with E-state index in [0.29, 0.717) is 10.0 Å². The average Bonchev–Trinajstić information content (AvgIpc) is 2.84. The van der Waals surface area contributed by atoms with E-state index >= 15 is 0 Å². The summed E-state index contributed by atoms with van der Waals surface area (Å²) in [7, 11) is 0. The van der Waals surface area contributed by atoms with Crippen LogP contribution in [0.3, 0.4) is 0 Å². The Kier molecular flexibility index (Phi) is 4.53. The first-order chi connectivity index (χ1) is 9.36. The van der Waals surface area contributed by atoms with Crippen molar-refractivity contribution in [3.05, 3.63) is 44.6 Å². The number of nitrogens with zero attached hydrogens (tertiary/aromatic N) is 2.